The Balaban J connectivity index is 3.86. The highest BCUT2D eigenvalue weighted by Crippen LogP contribution is 2.27. The first-order valence-electron chi connectivity index (χ1n) is 7.07. The van der Waals surface area contributed by atoms with Crippen LogP contribution in [0.3, 0.4) is 0 Å². The van der Waals surface area contributed by atoms with Crippen LogP contribution >= 0.6 is 11.8 Å². The standard InChI is InChI=1S/C14H24F3NS/c1-2-3-4-5-7-13(9-11-19-12-18)8-6-10-14(15,16)17/h13H,2-11H2,1H3. The molecule has 1 unspecified atom stereocenters. The van der Waals surface area contributed by atoms with Crippen molar-refractivity contribution in [2.24, 2.45) is 5.92 Å². The predicted molar refractivity (Wildman–Crippen MR) is 74.8 cm³/mol. The van der Waals surface area contributed by atoms with Crippen molar-refractivity contribution in [1.29, 1.82) is 5.26 Å². The van der Waals surface area contributed by atoms with Crippen molar-refractivity contribution in [3.05, 3.63) is 0 Å². The molecule has 1 atom stereocenters. The van der Waals surface area contributed by atoms with Gasteiger partial charge in [-0.1, -0.05) is 45.4 Å². The van der Waals surface area contributed by atoms with E-state index in [0.717, 1.165) is 31.4 Å². The summed E-state index contributed by atoms with van der Waals surface area (Å²) >= 11 is 1.20. The first-order valence-corrected chi connectivity index (χ1v) is 8.05. The maximum atomic E-state index is 12.1. The molecule has 0 N–H and O–H groups in total. The van der Waals surface area contributed by atoms with Crippen molar-refractivity contribution in [1.82, 2.24) is 0 Å². The quantitative estimate of drug-likeness (QED) is 0.349. The van der Waals surface area contributed by atoms with Crippen LogP contribution in [-0.4, -0.2) is 11.9 Å². The zero-order chi connectivity index (χ0) is 14.6. The van der Waals surface area contributed by atoms with Crippen LogP contribution in [0, 0.1) is 16.6 Å². The van der Waals surface area contributed by atoms with Gasteiger partial charge in [0.05, 0.1) is 0 Å². The molecule has 0 amide bonds. The first kappa shape index (κ1) is 18.6. The molecule has 0 fully saturated rings. The van der Waals surface area contributed by atoms with Crippen molar-refractivity contribution in [2.45, 2.75) is 70.9 Å². The first-order chi connectivity index (χ1) is 8.99. The molecule has 0 aromatic carbocycles. The number of thioether (sulfide) groups is 1. The second-order valence-electron chi connectivity index (χ2n) is 4.95. The van der Waals surface area contributed by atoms with E-state index in [2.05, 4.69) is 6.92 Å². The minimum Gasteiger partial charge on any atom is -0.185 e. The van der Waals surface area contributed by atoms with Crippen LogP contribution in [0.1, 0.15) is 64.7 Å². The number of unbranched alkanes of at least 4 members (excludes halogenated alkanes) is 3. The molecule has 112 valence electrons. The number of alkyl halides is 3. The third-order valence-electron chi connectivity index (χ3n) is 3.23. The second-order valence-corrected chi connectivity index (χ2v) is 5.83. The summed E-state index contributed by atoms with van der Waals surface area (Å²) in [6, 6.07) is 0. The van der Waals surface area contributed by atoms with Gasteiger partial charge >= 0.3 is 6.18 Å². The van der Waals surface area contributed by atoms with E-state index in [1.807, 2.05) is 5.40 Å². The minimum absolute atomic E-state index is 0.221. The summed E-state index contributed by atoms with van der Waals surface area (Å²) in [6.45, 7) is 2.14. The van der Waals surface area contributed by atoms with E-state index in [-0.39, 0.29) is 6.42 Å². The largest absolute Gasteiger partial charge is 0.389 e. The third kappa shape index (κ3) is 13.9. The van der Waals surface area contributed by atoms with Gasteiger partial charge in [-0.25, -0.2) is 0 Å². The zero-order valence-corrected chi connectivity index (χ0v) is 12.5. The van der Waals surface area contributed by atoms with Gasteiger partial charge in [0.1, 0.15) is 5.40 Å². The van der Waals surface area contributed by atoms with Crippen molar-refractivity contribution in [3.8, 4) is 5.40 Å². The number of nitrogens with zero attached hydrogens (tertiary/aromatic N) is 1. The predicted octanol–water partition coefficient (Wildman–Crippen LogP) is 5.91. The van der Waals surface area contributed by atoms with Crippen LogP contribution in [0.15, 0.2) is 0 Å². The van der Waals surface area contributed by atoms with Crippen LogP contribution in [0.4, 0.5) is 13.2 Å². The summed E-state index contributed by atoms with van der Waals surface area (Å²) in [7, 11) is 0. The zero-order valence-electron chi connectivity index (χ0n) is 11.6. The Kier molecular flexibility index (Phi) is 11.2. The molecule has 0 aromatic heterocycles. The van der Waals surface area contributed by atoms with Crippen LogP contribution in [0.2, 0.25) is 0 Å². The highest BCUT2D eigenvalue weighted by Gasteiger charge is 2.26. The van der Waals surface area contributed by atoms with Crippen LogP contribution in [0.25, 0.3) is 0 Å². The molecular formula is C14H24F3NS. The van der Waals surface area contributed by atoms with Gasteiger partial charge < -0.3 is 0 Å². The van der Waals surface area contributed by atoms with Crippen molar-refractivity contribution >= 4 is 11.8 Å². The average molecular weight is 295 g/mol. The number of rotatable bonds is 11. The monoisotopic (exact) mass is 295 g/mol. The molecule has 0 aromatic rings. The minimum atomic E-state index is -4.03. The van der Waals surface area contributed by atoms with E-state index in [4.69, 9.17) is 5.26 Å². The Morgan fingerprint density at radius 1 is 1.05 bits per heavy atom. The van der Waals surface area contributed by atoms with Gasteiger partial charge in [-0.3, -0.25) is 0 Å². The number of thiocyanates is 1. The van der Waals surface area contributed by atoms with E-state index in [9.17, 15) is 13.2 Å². The van der Waals surface area contributed by atoms with E-state index < -0.39 is 12.6 Å². The molecule has 0 aliphatic rings. The van der Waals surface area contributed by atoms with E-state index in [1.54, 1.807) is 0 Å². The number of nitriles is 1. The summed E-state index contributed by atoms with van der Waals surface area (Å²) in [5.41, 5.74) is 0. The van der Waals surface area contributed by atoms with Gasteiger partial charge in [0.15, 0.2) is 0 Å². The maximum Gasteiger partial charge on any atom is 0.389 e. The van der Waals surface area contributed by atoms with E-state index in [1.165, 1.54) is 24.6 Å². The maximum absolute atomic E-state index is 12.1. The Labute approximate surface area is 118 Å². The highest BCUT2D eigenvalue weighted by molar-refractivity contribution is 8.03. The smallest absolute Gasteiger partial charge is 0.185 e. The van der Waals surface area contributed by atoms with E-state index >= 15 is 0 Å². The van der Waals surface area contributed by atoms with Crippen molar-refractivity contribution in [2.75, 3.05) is 5.75 Å². The summed E-state index contributed by atoms with van der Waals surface area (Å²) in [5.74, 6) is 1.08. The third-order valence-corrected chi connectivity index (χ3v) is 3.80. The molecule has 0 spiro atoms. The Bertz CT molecular complexity index is 248. The number of hydrogen-bond acceptors (Lipinski definition) is 2. The lowest BCUT2D eigenvalue weighted by Gasteiger charge is -2.16. The Morgan fingerprint density at radius 3 is 2.32 bits per heavy atom. The van der Waals surface area contributed by atoms with E-state index in [0.29, 0.717) is 12.3 Å². The molecule has 0 aliphatic heterocycles. The molecule has 0 saturated carbocycles. The molecular weight excluding hydrogens is 271 g/mol. The lowest BCUT2D eigenvalue weighted by molar-refractivity contribution is -0.136. The van der Waals surface area contributed by atoms with Crippen LogP contribution in [0.5, 0.6) is 0 Å². The molecule has 0 bridgehead atoms. The van der Waals surface area contributed by atoms with Gasteiger partial charge in [-0.15, -0.1) is 0 Å². The highest BCUT2D eigenvalue weighted by atomic mass is 32.2. The van der Waals surface area contributed by atoms with Gasteiger partial charge in [0.25, 0.3) is 0 Å². The van der Waals surface area contributed by atoms with Gasteiger partial charge in [-0.2, -0.15) is 18.4 Å². The normalized spacial score (nSPS) is 13.2. The molecule has 0 radical (unpaired) electrons. The molecule has 0 rings (SSSR count). The fourth-order valence-electron chi connectivity index (χ4n) is 2.16. The van der Waals surface area contributed by atoms with Gasteiger partial charge in [-0.05, 0) is 30.5 Å². The summed E-state index contributed by atoms with van der Waals surface area (Å²) < 4.78 is 36.4. The van der Waals surface area contributed by atoms with Crippen molar-refractivity contribution < 1.29 is 13.2 Å². The fourth-order valence-corrected chi connectivity index (χ4v) is 2.70. The van der Waals surface area contributed by atoms with Crippen molar-refractivity contribution in [3.63, 3.8) is 0 Å². The fraction of sp³-hybridized carbons (Fsp3) is 0.929. The number of hydrogen-bond donors (Lipinski definition) is 0. The molecule has 0 heterocycles. The lowest BCUT2D eigenvalue weighted by atomic mass is 9.93. The SMILES string of the molecule is CCCCCCC(CCCC(F)(F)F)CCSC#N. The molecule has 1 nitrogen and oxygen atoms in total. The molecule has 0 saturated heterocycles. The summed E-state index contributed by atoms with van der Waals surface area (Å²) in [5, 5.41) is 10.5. The average Bonchev–Trinajstić information content (AvgIpc) is 2.32. The second kappa shape index (κ2) is 11.5. The Hall–Kier alpha value is -0.370. The topological polar surface area (TPSA) is 23.8 Å². The molecule has 19 heavy (non-hydrogen) atoms. The number of halogens is 3. The summed E-state index contributed by atoms with van der Waals surface area (Å²) in [4.78, 5) is 0. The van der Waals surface area contributed by atoms with Crippen LogP contribution in [-0.2, 0) is 0 Å². The van der Waals surface area contributed by atoms with Gasteiger partial charge in [0.2, 0.25) is 0 Å². The summed E-state index contributed by atoms with van der Waals surface area (Å²) in [6.07, 6.45) is 2.64. The molecule has 5 heteroatoms. The molecule has 0 aliphatic carbocycles. The lowest BCUT2D eigenvalue weighted by Crippen LogP contribution is -2.09. The van der Waals surface area contributed by atoms with Gasteiger partial charge in [0, 0.05) is 12.2 Å². The van der Waals surface area contributed by atoms with Crippen LogP contribution < -0.4 is 0 Å². The Morgan fingerprint density at radius 2 is 1.74 bits per heavy atom.